The van der Waals surface area contributed by atoms with Gasteiger partial charge in [0.05, 0.1) is 6.33 Å². The summed E-state index contributed by atoms with van der Waals surface area (Å²) in [6, 6.07) is 0.720. The third kappa shape index (κ3) is 1.18. The summed E-state index contributed by atoms with van der Waals surface area (Å²) in [6.45, 7) is 0.334. The molecule has 2 atom stereocenters. The predicted molar refractivity (Wildman–Crippen MR) is 48.4 cm³/mol. The Morgan fingerprint density at radius 2 is 2.38 bits per heavy atom. The van der Waals surface area contributed by atoms with Crippen LogP contribution in [-0.4, -0.2) is 21.3 Å². The Morgan fingerprint density at radius 3 is 3.00 bits per heavy atom. The largest absolute Gasteiger partial charge is 0.396 e. The third-order valence-corrected chi connectivity index (χ3v) is 3.17. The maximum absolute atomic E-state index is 8.99. The second kappa shape index (κ2) is 2.58. The Bertz CT molecular complexity index is 316. The highest BCUT2D eigenvalue weighted by Crippen LogP contribution is 2.49. The van der Waals surface area contributed by atoms with Gasteiger partial charge in [-0.3, -0.25) is 0 Å². The van der Waals surface area contributed by atoms with Crippen LogP contribution in [-0.2, 0) is 0 Å². The van der Waals surface area contributed by atoms with Gasteiger partial charge in [0.2, 0.25) is 0 Å². The van der Waals surface area contributed by atoms with Gasteiger partial charge < -0.3 is 9.67 Å². The highest BCUT2D eigenvalue weighted by atomic mass is 16.3. The number of rotatable bonds is 3. The molecule has 3 heteroatoms. The van der Waals surface area contributed by atoms with Gasteiger partial charge in [-0.1, -0.05) is 0 Å². The van der Waals surface area contributed by atoms with Crippen molar-refractivity contribution in [2.24, 2.45) is 5.92 Å². The van der Waals surface area contributed by atoms with Crippen molar-refractivity contribution in [2.75, 3.05) is 6.61 Å². The SMILES string of the molecule is OCC1CC1c1cncn1C1CC1. The number of aliphatic hydroxyl groups is 1. The predicted octanol–water partition coefficient (Wildman–Crippen LogP) is 1.31. The molecule has 3 nitrogen and oxygen atoms in total. The Hall–Kier alpha value is -0.830. The van der Waals surface area contributed by atoms with Gasteiger partial charge in [-0.05, 0) is 25.2 Å². The van der Waals surface area contributed by atoms with E-state index in [1.807, 2.05) is 12.5 Å². The van der Waals surface area contributed by atoms with E-state index in [-0.39, 0.29) is 0 Å². The van der Waals surface area contributed by atoms with Crippen LogP contribution in [0.25, 0.3) is 0 Å². The topological polar surface area (TPSA) is 38.1 Å². The first-order chi connectivity index (χ1) is 6.40. The van der Waals surface area contributed by atoms with E-state index in [1.165, 1.54) is 18.5 Å². The summed E-state index contributed by atoms with van der Waals surface area (Å²) in [4.78, 5) is 4.19. The fourth-order valence-electron chi connectivity index (χ4n) is 2.07. The van der Waals surface area contributed by atoms with Gasteiger partial charge >= 0.3 is 0 Å². The van der Waals surface area contributed by atoms with Crippen LogP contribution in [0.15, 0.2) is 12.5 Å². The molecule has 0 aliphatic heterocycles. The first-order valence-electron chi connectivity index (χ1n) is 5.02. The fraction of sp³-hybridized carbons (Fsp3) is 0.700. The smallest absolute Gasteiger partial charge is 0.0950 e. The monoisotopic (exact) mass is 178 g/mol. The Kier molecular flexibility index (Phi) is 1.50. The van der Waals surface area contributed by atoms with E-state index in [0.717, 1.165) is 12.5 Å². The fourth-order valence-corrected chi connectivity index (χ4v) is 2.07. The molecule has 0 saturated heterocycles. The molecule has 1 aromatic heterocycles. The van der Waals surface area contributed by atoms with Crippen LogP contribution < -0.4 is 0 Å². The van der Waals surface area contributed by atoms with E-state index in [4.69, 9.17) is 5.11 Å². The molecule has 0 amide bonds. The minimum Gasteiger partial charge on any atom is -0.396 e. The summed E-state index contributed by atoms with van der Waals surface area (Å²) in [5.74, 6) is 1.10. The molecule has 1 N–H and O–H groups in total. The Balaban J connectivity index is 1.84. The summed E-state index contributed by atoms with van der Waals surface area (Å²) in [5, 5.41) is 8.99. The average molecular weight is 178 g/mol. The summed E-state index contributed by atoms with van der Waals surface area (Å²) in [6.07, 6.45) is 7.67. The molecule has 0 radical (unpaired) electrons. The minimum atomic E-state index is 0.334. The van der Waals surface area contributed by atoms with E-state index < -0.39 is 0 Å². The van der Waals surface area contributed by atoms with E-state index >= 15 is 0 Å². The van der Waals surface area contributed by atoms with E-state index in [0.29, 0.717) is 18.4 Å². The number of imidazole rings is 1. The lowest BCUT2D eigenvalue weighted by Crippen LogP contribution is -1.99. The average Bonchev–Trinajstić information content (AvgIpc) is 3.06. The standard InChI is InChI=1S/C10H14N2O/c13-5-7-3-9(7)10-4-11-6-12(10)8-1-2-8/h4,6-9,13H,1-3,5H2. The molecule has 70 valence electrons. The maximum atomic E-state index is 8.99. The van der Waals surface area contributed by atoms with Gasteiger partial charge in [0.25, 0.3) is 0 Å². The molecule has 2 aliphatic rings. The number of hydrogen-bond donors (Lipinski definition) is 1. The van der Waals surface area contributed by atoms with Crippen LogP contribution in [0.4, 0.5) is 0 Å². The molecule has 1 heterocycles. The lowest BCUT2D eigenvalue weighted by Gasteiger charge is -2.04. The van der Waals surface area contributed by atoms with Crippen molar-refractivity contribution in [1.29, 1.82) is 0 Å². The normalized spacial score (nSPS) is 32.1. The summed E-state index contributed by atoms with van der Waals surface area (Å²) >= 11 is 0. The maximum Gasteiger partial charge on any atom is 0.0950 e. The molecule has 0 spiro atoms. The molecule has 0 aromatic carbocycles. The molecule has 2 fully saturated rings. The molecule has 0 bridgehead atoms. The van der Waals surface area contributed by atoms with E-state index in [2.05, 4.69) is 9.55 Å². The van der Waals surface area contributed by atoms with Crippen LogP contribution >= 0.6 is 0 Å². The Labute approximate surface area is 77.4 Å². The van der Waals surface area contributed by atoms with Crippen LogP contribution in [0.1, 0.15) is 36.9 Å². The number of nitrogens with zero attached hydrogens (tertiary/aromatic N) is 2. The van der Waals surface area contributed by atoms with Crippen LogP contribution in [0.5, 0.6) is 0 Å². The van der Waals surface area contributed by atoms with Crippen LogP contribution in [0.2, 0.25) is 0 Å². The van der Waals surface area contributed by atoms with Crippen molar-refractivity contribution < 1.29 is 5.11 Å². The van der Waals surface area contributed by atoms with Crippen molar-refractivity contribution in [3.05, 3.63) is 18.2 Å². The zero-order valence-electron chi connectivity index (χ0n) is 7.56. The molecule has 2 aliphatic carbocycles. The van der Waals surface area contributed by atoms with Crippen molar-refractivity contribution >= 4 is 0 Å². The van der Waals surface area contributed by atoms with Gasteiger partial charge in [0.1, 0.15) is 0 Å². The van der Waals surface area contributed by atoms with E-state index in [1.54, 1.807) is 0 Å². The van der Waals surface area contributed by atoms with Crippen molar-refractivity contribution in [3.8, 4) is 0 Å². The van der Waals surface area contributed by atoms with Crippen molar-refractivity contribution in [1.82, 2.24) is 9.55 Å². The summed E-state index contributed by atoms with van der Waals surface area (Å²) in [7, 11) is 0. The van der Waals surface area contributed by atoms with Gasteiger partial charge in [-0.15, -0.1) is 0 Å². The minimum absolute atomic E-state index is 0.334. The number of aliphatic hydroxyl groups excluding tert-OH is 1. The highest BCUT2D eigenvalue weighted by Gasteiger charge is 2.41. The molecular formula is C10H14N2O. The number of aromatic nitrogens is 2. The number of hydrogen-bond acceptors (Lipinski definition) is 2. The first-order valence-corrected chi connectivity index (χ1v) is 5.02. The zero-order chi connectivity index (χ0) is 8.84. The first kappa shape index (κ1) is 7.56. The van der Waals surface area contributed by atoms with Crippen LogP contribution in [0, 0.1) is 5.92 Å². The molecule has 2 unspecified atom stereocenters. The van der Waals surface area contributed by atoms with E-state index in [9.17, 15) is 0 Å². The summed E-state index contributed by atoms with van der Waals surface area (Å²) in [5.41, 5.74) is 1.35. The van der Waals surface area contributed by atoms with Gasteiger partial charge in [-0.25, -0.2) is 4.98 Å². The lowest BCUT2D eigenvalue weighted by molar-refractivity contribution is 0.273. The van der Waals surface area contributed by atoms with Gasteiger partial charge in [-0.2, -0.15) is 0 Å². The van der Waals surface area contributed by atoms with Crippen molar-refractivity contribution in [2.45, 2.75) is 31.2 Å². The molecule has 3 rings (SSSR count). The molecule has 1 aromatic rings. The van der Waals surface area contributed by atoms with Crippen LogP contribution in [0.3, 0.4) is 0 Å². The molecule has 13 heavy (non-hydrogen) atoms. The third-order valence-electron chi connectivity index (χ3n) is 3.17. The lowest BCUT2D eigenvalue weighted by atomic mass is 10.2. The Morgan fingerprint density at radius 1 is 1.54 bits per heavy atom. The van der Waals surface area contributed by atoms with Gasteiger partial charge in [0, 0.05) is 30.5 Å². The second-order valence-electron chi connectivity index (χ2n) is 4.24. The summed E-state index contributed by atoms with van der Waals surface area (Å²) < 4.78 is 2.31. The quantitative estimate of drug-likeness (QED) is 0.758. The highest BCUT2D eigenvalue weighted by molar-refractivity contribution is 5.18. The molecule has 2 saturated carbocycles. The zero-order valence-corrected chi connectivity index (χ0v) is 7.56. The second-order valence-corrected chi connectivity index (χ2v) is 4.24. The molecular weight excluding hydrogens is 164 g/mol. The van der Waals surface area contributed by atoms with Crippen molar-refractivity contribution in [3.63, 3.8) is 0 Å². The van der Waals surface area contributed by atoms with Gasteiger partial charge in [0.15, 0.2) is 0 Å².